The van der Waals surface area contributed by atoms with Crippen molar-refractivity contribution >= 4 is 5.97 Å². The molecule has 1 aliphatic carbocycles. The van der Waals surface area contributed by atoms with Crippen LogP contribution in [0.2, 0.25) is 0 Å². The van der Waals surface area contributed by atoms with Gasteiger partial charge in [0.05, 0.1) is 0 Å². The van der Waals surface area contributed by atoms with Crippen LogP contribution in [-0.4, -0.2) is 23.7 Å². The molecule has 0 aromatic carbocycles. The highest BCUT2D eigenvalue weighted by Gasteiger charge is 2.25. The van der Waals surface area contributed by atoms with Gasteiger partial charge in [0.25, 0.3) is 0 Å². The second kappa shape index (κ2) is 5.22. The van der Waals surface area contributed by atoms with Crippen LogP contribution in [0.25, 0.3) is 0 Å². The molecule has 13 heavy (non-hydrogen) atoms. The largest absolute Gasteiger partial charge is 0.480 e. The maximum absolute atomic E-state index is 10.8. The molecule has 1 rings (SSSR count). The van der Waals surface area contributed by atoms with E-state index in [-0.39, 0.29) is 6.04 Å². The van der Waals surface area contributed by atoms with E-state index >= 15 is 0 Å². The molecule has 0 aliphatic heterocycles. The summed E-state index contributed by atoms with van der Waals surface area (Å²) >= 11 is 0. The summed E-state index contributed by atoms with van der Waals surface area (Å²) in [5.41, 5.74) is 0. The summed E-state index contributed by atoms with van der Waals surface area (Å²) in [7, 11) is 0. The van der Waals surface area contributed by atoms with Gasteiger partial charge in [0, 0.05) is 0 Å². The van der Waals surface area contributed by atoms with Crippen molar-refractivity contribution in [3.63, 3.8) is 0 Å². The van der Waals surface area contributed by atoms with E-state index in [0.29, 0.717) is 5.92 Å². The first-order valence-electron chi connectivity index (χ1n) is 5.20. The zero-order chi connectivity index (χ0) is 9.68. The zero-order valence-corrected chi connectivity index (χ0v) is 8.25. The molecule has 0 bridgehead atoms. The van der Waals surface area contributed by atoms with E-state index < -0.39 is 5.97 Å². The van der Waals surface area contributed by atoms with E-state index in [1.807, 2.05) is 0 Å². The lowest BCUT2D eigenvalue weighted by atomic mass is 9.81. The van der Waals surface area contributed by atoms with Crippen LogP contribution in [0, 0.1) is 5.92 Å². The number of rotatable bonds is 6. The Morgan fingerprint density at radius 1 is 1.62 bits per heavy atom. The molecule has 0 amide bonds. The van der Waals surface area contributed by atoms with Crippen LogP contribution in [0.15, 0.2) is 0 Å². The second-order valence-corrected chi connectivity index (χ2v) is 3.88. The van der Waals surface area contributed by atoms with Gasteiger partial charge in [-0.15, -0.1) is 0 Å². The molecule has 0 spiro atoms. The maximum Gasteiger partial charge on any atom is 0.320 e. The van der Waals surface area contributed by atoms with E-state index in [0.717, 1.165) is 19.4 Å². The SMILES string of the molecule is CCCNC(CC1CCC1)C(=O)O. The number of aliphatic carboxylic acids is 1. The minimum Gasteiger partial charge on any atom is -0.480 e. The predicted molar refractivity (Wildman–Crippen MR) is 51.7 cm³/mol. The molecule has 0 aromatic rings. The molecule has 1 fully saturated rings. The third-order valence-electron chi connectivity index (χ3n) is 2.73. The van der Waals surface area contributed by atoms with Crippen molar-refractivity contribution in [2.45, 2.75) is 45.1 Å². The molecule has 1 saturated carbocycles. The first-order chi connectivity index (χ1) is 6.24. The number of hydrogen-bond acceptors (Lipinski definition) is 2. The molecule has 2 N–H and O–H groups in total. The average molecular weight is 185 g/mol. The second-order valence-electron chi connectivity index (χ2n) is 3.88. The third kappa shape index (κ3) is 3.35. The van der Waals surface area contributed by atoms with Gasteiger partial charge in [-0.05, 0) is 25.3 Å². The normalized spacial score (nSPS) is 19.5. The molecule has 1 aliphatic rings. The molecule has 0 radical (unpaired) electrons. The van der Waals surface area contributed by atoms with Crippen molar-refractivity contribution in [1.82, 2.24) is 5.32 Å². The van der Waals surface area contributed by atoms with Crippen LogP contribution < -0.4 is 5.32 Å². The van der Waals surface area contributed by atoms with Crippen LogP contribution in [0.4, 0.5) is 0 Å². The Labute approximate surface area is 79.5 Å². The monoisotopic (exact) mass is 185 g/mol. The topological polar surface area (TPSA) is 49.3 Å². The quantitative estimate of drug-likeness (QED) is 0.661. The standard InChI is InChI=1S/C10H19NO2/c1-2-6-11-9(10(12)13)7-8-4-3-5-8/h8-9,11H,2-7H2,1H3,(H,12,13). The van der Waals surface area contributed by atoms with E-state index in [9.17, 15) is 4.79 Å². The number of nitrogens with one attached hydrogen (secondary N) is 1. The minimum absolute atomic E-state index is 0.315. The van der Waals surface area contributed by atoms with Crippen molar-refractivity contribution in [2.75, 3.05) is 6.54 Å². The fourth-order valence-corrected chi connectivity index (χ4v) is 1.65. The summed E-state index contributed by atoms with van der Waals surface area (Å²) in [4.78, 5) is 10.8. The Morgan fingerprint density at radius 2 is 2.31 bits per heavy atom. The van der Waals surface area contributed by atoms with Crippen LogP contribution in [0.1, 0.15) is 39.0 Å². The van der Waals surface area contributed by atoms with Crippen LogP contribution in [-0.2, 0) is 4.79 Å². The lowest BCUT2D eigenvalue weighted by molar-refractivity contribution is -0.140. The molecule has 0 heterocycles. The molecule has 3 heteroatoms. The number of carboxylic acid groups (broad SMARTS) is 1. The molecule has 0 saturated heterocycles. The molecular weight excluding hydrogens is 166 g/mol. The van der Waals surface area contributed by atoms with Gasteiger partial charge < -0.3 is 10.4 Å². The Balaban J connectivity index is 2.23. The Bertz CT molecular complexity index is 166. The van der Waals surface area contributed by atoms with Crippen LogP contribution >= 0.6 is 0 Å². The van der Waals surface area contributed by atoms with Crippen molar-refractivity contribution in [2.24, 2.45) is 5.92 Å². The molecule has 76 valence electrons. The van der Waals surface area contributed by atoms with Gasteiger partial charge in [-0.3, -0.25) is 4.79 Å². The summed E-state index contributed by atoms with van der Waals surface area (Å²) in [6.07, 6.45) is 5.53. The van der Waals surface area contributed by atoms with Gasteiger partial charge >= 0.3 is 5.97 Å². The number of carbonyl (C=O) groups is 1. The van der Waals surface area contributed by atoms with Crippen LogP contribution in [0.5, 0.6) is 0 Å². The zero-order valence-electron chi connectivity index (χ0n) is 8.25. The number of hydrogen-bond donors (Lipinski definition) is 2. The fraction of sp³-hybridized carbons (Fsp3) is 0.900. The summed E-state index contributed by atoms with van der Waals surface area (Å²) in [5, 5.41) is 12.0. The van der Waals surface area contributed by atoms with Gasteiger partial charge in [0.2, 0.25) is 0 Å². The van der Waals surface area contributed by atoms with E-state index in [4.69, 9.17) is 5.11 Å². The highest BCUT2D eigenvalue weighted by molar-refractivity contribution is 5.73. The van der Waals surface area contributed by atoms with Gasteiger partial charge in [0.15, 0.2) is 0 Å². The fourth-order valence-electron chi connectivity index (χ4n) is 1.65. The van der Waals surface area contributed by atoms with E-state index in [1.165, 1.54) is 19.3 Å². The Hall–Kier alpha value is -0.570. The first kappa shape index (κ1) is 10.5. The lowest BCUT2D eigenvalue weighted by Crippen LogP contribution is -2.39. The number of carboxylic acids is 1. The van der Waals surface area contributed by atoms with E-state index in [2.05, 4.69) is 12.2 Å². The Morgan fingerprint density at radius 3 is 2.69 bits per heavy atom. The summed E-state index contributed by atoms with van der Waals surface area (Å²) in [6.45, 7) is 2.86. The minimum atomic E-state index is -0.694. The van der Waals surface area contributed by atoms with Crippen molar-refractivity contribution < 1.29 is 9.90 Å². The average Bonchev–Trinajstić information content (AvgIpc) is 2.01. The first-order valence-corrected chi connectivity index (χ1v) is 5.20. The highest BCUT2D eigenvalue weighted by atomic mass is 16.4. The van der Waals surface area contributed by atoms with Crippen molar-refractivity contribution in [3.8, 4) is 0 Å². The summed E-state index contributed by atoms with van der Waals surface area (Å²) in [5.74, 6) is -0.0363. The van der Waals surface area contributed by atoms with Crippen LogP contribution in [0.3, 0.4) is 0 Å². The molecule has 1 atom stereocenters. The molecule has 0 aromatic heterocycles. The van der Waals surface area contributed by atoms with Gasteiger partial charge in [0.1, 0.15) is 6.04 Å². The molecular formula is C10H19NO2. The molecule has 1 unspecified atom stereocenters. The lowest BCUT2D eigenvalue weighted by Gasteiger charge is -2.28. The van der Waals surface area contributed by atoms with Crippen molar-refractivity contribution in [3.05, 3.63) is 0 Å². The van der Waals surface area contributed by atoms with Gasteiger partial charge in [-0.25, -0.2) is 0 Å². The predicted octanol–water partition coefficient (Wildman–Crippen LogP) is 1.63. The highest BCUT2D eigenvalue weighted by Crippen LogP contribution is 2.30. The maximum atomic E-state index is 10.8. The van der Waals surface area contributed by atoms with Gasteiger partial charge in [-0.2, -0.15) is 0 Å². The van der Waals surface area contributed by atoms with Gasteiger partial charge in [-0.1, -0.05) is 26.2 Å². The molecule has 3 nitrogen and oxygen atoms in total. The van der Waals surface area contributed by atoms with E-state index in [1.54, 1.807) is 0 Å². The van der Waals surface area contributed by atoms with Crippen molar-refractivity contribution in [1.29, 1.82) is 0 Å². The summed E-state index contributed by atoms with van der Waals surface area (Å²) in [6, 6.07) is -0.315. The third-order valence-corrected chi connectivity index (χ3v) is 2.73. The Kier molecular flexibility index (Phi) is 4.22. The smallest absolute Gasteiger partial charge is 0.320 e. The summed E-state index contributed by atoms with van der Waals surface area (Å²) < 4.78 is 0.